The summed E-state index contributed by atoms with van der Waals surface area (Å²) in [5.74, 6) is -22.1. The van der Waals surface area contributed by atoms with Crippen LogP contribution >= 0.6 is 0 Å². The normalized spacial score (nSPS) is 29.2. The largest absolute Gasteiger partial charge is 0.510 e. The van der Waals surface area contributed by atoms with Crippen LogP contribution in [0.1, 0.15) is 62.1 Å². The molecule has 0 saturated carbocycles. The van der Waals surface area contributed by atoms with Gasteiger partial charge in [0.25, 0.3) is 11.8 Å². The highest BCUT2D eigenvalue weighted by Gasteiger charge is 2.84. The molecular weight excluding hydrogens is 987 g/mol. The van der Waals surface area contributed by atoms with Crippen LogP contribution in [0.4, 0.5) is 0 Å². The van der Waals surface area contributed by atoms with E-state index in [2.05, 4.69) is 25.8 Å². The summed E-state index contributed by atoms with van der Waals surface area (Å²) in [6.07, 6.45) is -0.119. The van der Waals surface area contributed by atoms with E-state index in [1.807, 2.05) is 0 Å². The monoisotopic (exact) mass is 1030 g/mol. The fourth-order valence-electron chi connectivity index (χ4n) is 13.5. The molecule has 75 heavy (non-hydrogen) atoms. The zero-order valence-corrected chi connectivity index (χ0v) is 40.3. The maximum Gasteiger partial charge on any atom is 0.360 e. The van der Waals surface area contributed by atoms with E-state index >= 15 is 14.4 Å². The van der Waals surface area contributed by atoms with Gasteiger partial charge in [0.2, 0.25) is 11.6 Å². The van der Waals surface area contributed by atoms with Gasteiger partial charge < -0.3 is 57.1 Å². The van der Waals surface area contributed by atoms with Crippen LogP contribution in [0.25, 0.3) is 11.4 Å². The molecule has 0 spiro atoms. The maximum atomic E-state index is 15.6. The van der Waals surface area contributed by atoms with Gasteiger partial charge in [-0.15, -0.1) is 10.2 Å². The molecule has 0 saturated heterocycles. The first-order valence-corrected chi connectivity index (χ1v) is 23.2. The molecule has 390 valence electrons. The summed E-state index contributed by atoms with van der Waals surface area (Å²) in [5.41, 5.74) is -6.84. The van der Waals surface area contributed by atoms with E-state index in [0.717, 1.165) is 26.6 Å². The Bertz CT molecular complexity index is 3470. The number of nitrogens with zero attached hydrogens (tertiary/aromatic N) is 9. The van der Waals surface area contributed by atoms with Crippen molar-refractivity contribution in [2.24, 2.45) is 34.6 Å². The number of ether oxygens (including phenoxy) is 1. The van der Waals surface area contributed by atoms with Crippen LogP contribution in [0.15, 0.2) is 82.1 Å². The number of tetrazole rings is 1. The van der Waals surface area contributed by atoms with Crippen molar-refractivity contribution in [3.63, 3.8) is 0 Å². The van der Waals surface area contributed by atoms with Gasteiger partial charge in [0.15, 0.2) is 28.5 Å². The average Bonchev–Trinajstić information content (AvgIpc) is 4.06. The first kappa shape index (κ1) is 49.9. The number of ketones is 4. The average molecular weight is 1030 g/mol. The summed E-state index contributed by atoms with van der Waals surface area (Å²) in [6.45, 7) is 1.54. The van der Waals surface area contributed by atoms with Gasteiger partial charge in [-0.05, 0) is 118 Å². The van der Waals surface area contributed by atoms with Crippen LogP contribution in [0, 0.1) is 23.2 Å². The number of hydrogen-bond acceptors (Lipinski definition) is 23. The third-order valence-corrected chi connectivity index (χ3v) is 16.1. The molecule has 10 rings (SSSR count). The van der Waals surface area contributed by atoms with E-state index in [-0.39, 0.29) is 41.2 Å². The number of aromatic nitrogens is 7. The Morgan fingerprint density at radius 1 is 0.760 bits per heavy atom. The topological polar surface area (TPSA) is 423 Å². The highest BCUT2D eigenvalue weighted by Crippen LogP contribution is 2.71. The van der Waals surface area contributed by atoms with E-state index in [0.29, 0.717) is 0 Å². The van der Waals surface area contributed by atoms with Gasteiger partial charge in [0, 0.05) is 17.1 Å². The summed E-state index contributed by atoms with van der Waals surface area (Å²) < 4.78 is 7.32. The SMILES string of the molecule is CCOC(=O)c1cn(-c2ccc(O)c3c2CC2CC4([C@]5(N(C)C)C(O)=C(C(N)=O)C(=O)[C@]6(O)C(O)=C7C(=O)c8c(O)ccc(-n9cnnn9)c8C[C@@H]7C[C@@H]65)C(N(C)C)C(O)=C(C(N)=O)C(=O)[C@]4(O)C(O)=C2C3=O)nn1. The lowest BCUT2D eigenvalue weighted by Crippen LogP contribution is -2.85. The third kappa shape index (κ3) is 5.98. The molecule has 12 N–H and O–H groups in total. The molecule has 6 aliphatic carbocycles. The number of aliphatic hydroxyl groups is 6. The number of rotatable bonds is 9. The Morgan fingerprint density at radius 2 is 1.33 bits per heavy atom. The molecule has 8 atom stereocenters. The first-order valence-electron chi connectivity index (χ1n) is 23.2. The Balaban J connectivity index is 1.31. The molecule has 6 aliphatic rings. The number of likely N-dealkylation sites (N-methyl/N-ethyl adjacent to an activating group) is 2. The number of aliphatic hydroxyl groups excluding tert-OH is 4. The number of carbonyl (C=O) groups excluding carboxylic acids is 7. The zero-order chi connectivity index (χ0) is 54.5. The third-order valence-electron chi connectivity index (χ3n) is 16.1. The number of hydrogen-bond donors (Lipinski definition) is 10. The van der Waals surface area contributed by atoms with Crippen LogP contribution in [0.2, 0.25) is 0 Å². The van der Waals surface area contributed by atoms with Crippen LogP contribution in [-0.4, -0.2) is 184 Å². The minimum Gasteiger partial charge on any atom is -0.510 e. The Labute approximate surface area is 421 Å². The van der Waals surface area contributed by atoms with Crippen LogP contribution < -0.4 is 11.5 Å². The van der Waals surface area contributed by atoms with Crippen molar-refractivity contribution in [3.8, 4) is 22.9 Å². The van der Waals surface area contributed by atoms with Gasteiger partial charge in [0.1, 0.15) is 52.0 Å². The van der Waals surface area contributed by atoms with Crippen molar-refractivity contribution in [1.29, 1.82) is 0 Å². The summed E-state index contributed by atoms with van der Waals surface area (Å²) in [4.78, 5) is 103. The minimum atomic E-state index is -3.83. The van der Waals surface area contributed by atoms with Crippen LogP contribution in [-0.2, 0) is 36.8 Å². The fourth-order valence-corrected chi connectivity index (χ4v) is 13.5. The quantitative estimate of drug-likeness (QED) is 0.0690. The van der Waals surface area contributed by atoms with E-state index < -0.39 is 174 Å². The molecule has 3 unspecified atom stereocenters. The molecule has 27 heteroatoms. The van der Waals surface area contributed by atoms with Gasteiger partial charge in [-0.25, -0.2) is 14.2 Å². The second-order valence-corrected chi connectivity index (χ2v) is 19.8. The van der Waals surface area contributed by atoms with Crippen molar-refractivity contribution < 1.29 is 79.2 Å². The predicted molar refractivity (Wildman–Crippen MR) is 249 cm³/mol. The number of aromatic hydroxyl groups is 2. The fraction of sp³-hybridized carbons (Fsp3) is 0.375. The van der Waals surface area contributed by atoms with E-state index in [4.69, 9.17) is 16.2 Å². The van der Waals surface area contributed by atoms with Gasteiger partial charge >= 0.3 is 5.97 Å². The van der Waals surface area contributed by atoms with Crippen LogP contribution in [0.3, 0.4) is 0 Å². The summed E-state index contributed by atoms with van der Waals surface area (Å²) >= 11 is 0. The minimum absolute atomic E-state index is 0.0188. The van der Waals surface area contributed by atoms with Crippen molar-refractivity contribution in [1.82, 2.24) is 45.0 Å². The first-order chi connectivity index (χ1) is 35.3. The Kier molecular flexibility index (Phi) is 10.9. The number of primary amides is 2. The molecule has 0 radical (unpaired) electrons. The molecule has 0 bridgehead atoms. The van der Waals surface area contributed by atoms with Crippen LogP contribution in [0.5, 0.6) is 11.5 Å². The number of fused-ring (bicyclic) bond motifs is 6. The van der Waals surface area contributed by atoms with Crippen molar-refractivity contribution in [2.75, 3.05) is 34.8 Å². The Morgan fingerprint density at radius 3 is 1.87 bits per heavy atom. The smallest absolute Gasteiger partial charge is 0.360 e. The van der Waals surface area contributed by atoms with Gasteiger partial charge in [-0.1, -0.05) is 5.21 Å². The lowest BCUT2D eigenvalue weighted by atomic mass is 9.37. The lowest BCUT2D eigenvalue weighted by Gasteiger charge is -2.70. The molecule has 4 aromatic rings. The number of phenolic OH excluding ortho intramolecular Hbond substituents is 2. The molecule has 2 amide bonds. The van der Waals surface area contributed by atoms with Crippen molar-refractivity contribution in [3.05, 3.63) is 110 Å². The number of amides is 2. The number of nitrogens with two attached hydrogens (primary N) is 2. The maximum absolute atomic E-state index is 15.6. The van der Waals surface area contributed by atoms with E-state index in [1.165, 1.54) is 57.5 Å². The zero-order valence-electron chi connectivity index (χ0n) is 40.3. The molecule has 2 aromatic carbocycles. The highest BCUT2D eigenvalue weighted by atomic mass is 16.5. The number of allylic oxidation sites excluding steroid dienone is 2. The molecule has 0 fully saturated rings. The van der Waals surface area contributed by atoms with E-state index in [9.17, 15) is 60.0 Å². The van der Waals surface area contributed by atoms with Gasteiger partial charge in [0.05, 0.1) is 52.3 Å². The second kappa shape index (κ2) is 16.4. The molecule has 2 heterocycles. The van der Waals surface area contributed by atoms with E-state index in [1.54, 1.807) is 6.92 Å². The second-order valence-electron chi connectivity index (χ2n) is 19.8. The molecule has 2 aromatic heterocycles. The number of Topliss-reactive ketones (excluding diaryl/α,β-unsaturated/α-hetero) is 4. The lowest BCUT2D eigenvalue weighted by molar-refractivity contribution is -0.237. The van der Waals surface area contributed by atoms with Crippen molar-refractivity contribution >= 4 is 40.9 Å². The summed E-state index contributed by atoms with van der Waals surface area (Å²) in [7, 11) is 4.95. The predicted octanol–water partition coefficient (Wildman–Crippen LogP) is -1.27. The molecule has 27 nitrogen and oxygen atoms in total. The summed E-state index contributed by atoms with van der Waals surface area (Å²) in [6, 6.07) is 2.81. The summed E-state index contributed by atoms with van der Waals surface area (Å²) in [5, 5.41) is 121. The highest BCUT2D eigenvalue weighted by molar-refractivity contribution is 6.27. The molecule has 0 aliphatic heterocycles. The van der Waals surface area contributed by atoms with Gasteiger partial charge in [-0.2, -0.15) is 0 Å². The number of carbonyl (C=O) groups is 7. The number of phenols is 2. The number of esters is 1. The standard InChI is InChI=1S/C48H47N11O16/c1-6-75-44(72)21-15-58(54-52-21)22-7-9-24(60)30-20(22)12-18-14-45(36(56(2)3)35(64)31(42(49)70)41(69)48(45,74)40(68)28(18)34(30)63)47(57(4)5)26-13-17-11-19-23(59-16-51-53-55-59)8-10-25(61)29(19)33(62)27(17)37(65)46(26,73)38(66)32(39(47)67)43(50)71/h7-10,15-18,26,36,60-61,64-65,67-68,73-74H,6,11-14H2,1-5H3,(H2,49,70)(H2,50,71)/t17-,18?,26+,36?,45?,46-,47-,48-/m1/s1. The number of benzene rings is 2. The van der Waals surface area contributed by atoms with Crippen molar-refractivity contribution in [2.45, 2.75) is 55.4 Å². The molecular formula is C48H47N11O16. The Hall–Kier alpha value is -8.66. The van der Waals surface area contributed by atoms with Gasteiger partial charge in [-0.3, -0.25) is 38.6 Å².